The van der Waals surface area contributed by atoms with Crippen LogP contribution in [-0.4, -0.2) is 45.6 Å². The summed E-state index contributed by atoms with van der Waals surface area (Å²) in [4.78, 5) is 42.5. The number of phenols is 1. The van der Waals surface area contributed by atoms with Crippen LogP contribution in [0.3, 0.4) is 0 Å². The van der Waals surface area contributed by atoms with Gasteiger partial charge in [0.05, 0.1) is 10.7 Å². The molecule has 2 rings (SSSR count). The maximum atomic E-state index is 14.3. The maximum Gasteiger partial charge on any atom is 0.408 e. The lowest BCUT2D eigenvalue weighted by Crippen LogP contribution is -2.55. The van der Waals surface area contributed by atoms with Gasteiger partial charge in [-0.25, -0.2) is 4.79 Å². The molecule has 0 saturated carbocycles. The average molecular weight is 560 g/mol. The zero-order valence-corrected chi connectivity index (χ0v) is 24.9. The van der Waals surface area contributed by atoms with Gasteiger partial charge in [-0.1, -0.05) is 56.6 Å². The first-order chi connectivity index (χ1) is 18.1. The first-order valence-corrected chi connectivity index (χ1v) is 13.7. The number of anilines is 1. The molecule has 0 bridgehead atoms. The van der Waals surface area contributed by atoms with E-state index in [-0.39, 0.29) is 17.7 Å². The van der Waals surface area contributed by atoms with Gasteiger partial charge in [-0.15, -0.1) is 0 Å². The Labute approximate surface area is 237 Å². The number of carbonyl (C=O) groups is 3. The summed E-state index contributed by atoms with van der Waals surface area (Å²) in [6.07, 6.45) is 0.195. The lowest BCUT2D eigenvalue weighted by Gasteiger charge is -2.38. The van der Waals surface area contributed by atoms with Crippen LogP contribution in [0.15, 0.2) is 42.5 Å². The van der Waals surface area contributed by atoms with Crippen LogP contribution in [0.25, 0.3) is 0 Å². The number of phenolic OH excluding ortho intramolecular Hbond substituents is 1. The first kappa shape index (κ1) is 32.0. The second-order valence-electron chi connectivity index (χ2n) is 11.2. The van der Waals surface area contributed by atoms with Crippen molar-refractivity contribution < 1.29 is 24.2 Å². The van der Waals surface area contributed by atoms with E-state index in [4.69, 9.17) is 16.3 Å². The van der Waals surface area contributed by atoms with E-state index < -0.39 is 35.6 Å². The van der Waals surface area contributed by atoms with E-state index in [2.05, 4.69) is 10.6 Å². The van der Waals surface area contributed by atoms with Gasteiger partial charge in [-0.2, -0.15) is 0 Å². The molecule has 3 N–H and O–H groups in total. The van der Waals surface area contributed by atoms with Crippen molar-refractivity contribution in [2.75, 3.05) is 5.32 Å². The molecule has 2 aromatic carbocycles. The van der Waals surface area contributed by atoms with Gasteiger partial charge in [-0.05, 0) is 82.7 Å². The molecule has 8 nitrogen and oxygen atoms in total. The van der Waals surface area contributed by atoms with Gasteiger partial charge in [0.15, 0.2) is 0 Å². The molecule has 3 amide bonds. The molecule has 39 heavy (non-hydrogen) atoms. The number of nitrogens with zero attached hydrogens (tertiary/aromatic N) is 1. The summed E-state index contributed by atoms with van der Waals surface area (Å²) in [5.74, 6) is -0.774. The average Bonchev–Trinajstić information content (AvgIpc) is 2.82. The van der Waals surface area contributed by atoms with Crippen LogP contribution in [0.4, 0.5) is 10.5 Å². The standard InChI is InChI=1S/C30H42ClN3O5/c1-9-20(5)34(28(37)24(17-18(2)3)32-29(38)39-30(6,7)8)26(21-13-15-22(35)16-14-21)27(36)33-25-19(4)11-10-12-23(25)31/h10-16,18,20,24,26,35H,9,17H2,1-8H3,(H,32,38)(H,33,36). The number of halogens is 1. The number of hydrogen-bond acceptors (Lipinski definition) is 5. The Bertz CT molecular complexity index is 1120. The van der Waals surface area contributed by atoms with Gasteiger partial charge in [0.1, 0.15) is 23.4 Å². The van der Waals surface area contributed by atoms with Crippen LogP contribution in [0.1, 0.15) is 78.5 Å². The largest absolute Gasteiger partial charge is 0.508 e. The highest BCUT2D eigenvalue weighted by atomic mass is 35.5. The van der Waals surface area contributed by atoms with Gasteiger partial charge in [0, 0.05) is 6.04 Å². The molecule has 0 fully saturated rings. The highest BCUT2D eigenvalue weighted by molar-refractivity contribution is 6.34. The molecule has 0 saturated heterocycles. The van der Waals surface area contributed by atoms with Gasteiger partial charge >= 0.3 is 6.09 Å². The third-order valence-corrected chi connectivity index (χ3v) is 6.54. The number of alkyl carbamates (subject to hydrolysis) is 1. The number of aryl methyl sites for hydroxylation is 1. The van der Waals surface area contributed by atoms with Crippen LogP contribution >= 0.6 is 11.6 Å². The summed E-state index contributed by atoms with van der Waals surface area (Å²) < 4.78 is 5.44. The lowest BCUT2D eigenvalue weighted by atomic mass is 9.97. The van der Waals surface area contributed by atoms with E-state index in [1.807, 2.05) is 40.7 Å². The quantitative estimate of drug-likeness (QED) is 0.304. The van der Waals surface area contributed by atoms with E-state index in [1.165, 1.54) is 17.0 Å². The van der Waals surface area contributed by atoms with Crippen molar-refractivity contribution in [2.45, 2.75) is 92.0 Å². The van der Waals surface area contributed by atoms with E-state index in [9.17, 15) is 19.5 Å². The first-order valence-electron chi connectivity index (χ1n) is 13.3. The molecular weight excluding hydrogens is 518 g/mol. The normalized spacial score (nSPS) is 13.8. The fourth-order valence-electron chi connectivity index (χ4n) is 4.19. The van der Waals surface area contributed by atoms with Crippen LogP contribution in [0, 0.1) is 12.8 Å². The predicted molar refractivity (Wildman–Crippen MR) is 155 cm³/mol. The van der Waals surface area contributed by atoms with Crippen LogP contribution < -0.4 is 10.6 Å². The zero-order chi connectivity index (χ0) is 29.5. The number of benzene rings is 2. The second-order valence-corrected chi connectivity index (χ2v) is 11.7. The number of ether oxygens (including phenoxy) is 1. The van der Waals surface area contributed by atoms with Crippen molar-refractivity contribution in [3.63, 3.8) is 0 Å². The fraction of sp³-hybridized carbons (Fsp3) is 0.500. The Balaban J connectivity index is 2.60. The van der Waals surface area contributed by atoms with E-state index >= 15 is 0 Å². The summed E-state index contributed by atoms with van der Waals surface area (Å²) in [6.45, 7) is 14.8. The highest BCUT2D eigenvalue weighted by Crippen LogP contribution is 2.32. The number of aromatic hydroxyl groups is 1. The smallest absolute Gasteiger partial charge is 0.408 e. The van der Waals surface area contributed by atoms with Gasteiger partial charge in [0.2, 0.25) is 5.91 Å². The molecule has 3 atom stereocenters. The molecule has 0 aliphatic heterocycles. The topological polar surface area (TPSA) is 108 Å². The van der Waals surface area contributed by atoms with Crippen molar-refractivity contribution >= 4 is 35.2 Å². The van der Waals surface area contributed by atoms with Crippen molar-refractivity contribution in [3.05, 3.63) is 58.6 Å². The minimum absolute atomic E-state index is 0.0329. The summed E-state index contributed by atoms with van der Waals surface area (Å²) in [6, 6.07) is 9.10. The number of amides is 3. The second kappa shape index (κ2) is 13.7. The molecule has 9 heteroatoms. The minimum Gasteiger partial charge on any atom is -0.508 e. The molecule has 0 spiro atoms. The minimum atomic E-state index is -1.07. The number of carbonyl (C=O) groups excluding carboxylic acids is 3. The molecule has 0 aliphatic carbocycles. The number of hydrogen-bond donors (Lipinski definition) is 3. The van der Waals surface area contributed by atoms with Gasteiger partial charge < -0.3 is 25.4 Å². The Morgan fingerprint density at radius 2 is 1.67 bits per heavy atom. The zero-order valence-electron chi connectivity index (χ0n) is 24.2. The van der Waals surface area contributed by atoms with Crippen molar-refractivity contribution in [1.29, 1.82) is 0 Å². The Hall–Kier alpha value is -3.26. The van der Waals surface area contributed by atoms with Gasteiger partial charge in [0.25, 0.3) is 5.91 Å². The number of rotatable bonds is 10. The summed E-state index contributed by atoms with van der Waals surface area (Å²) in [5, 5.41) is 15.9. The summed E-state index contributed by atoms with van der Waals surface area (Å²) >= 11 is 6.41. The Kier molecular flexibility index (Phi) is 11.2. The Morgan fingerprint density at radius 1 is 1.05 bits per heavy atom. The molecule has 3 unspecified atom stereocenters. The predicted octanol–water partition coefficient (Wildman–Crippen LogP) is 6.60. The van der Waals surface area contributed by atoms with Crippen LogP contribution in [0.5, 0.6) is 5.75 Å². The van der Waals surface area contributed by atoms with Gasteiger partial charge in [-0.3, -0.25) is 9.59 Å². The fourth-order valence-corrected chi connectivity index (χ4v) is 4.46. The van der Waals surface area contributed by atoms with E-state index in [0.717, 1.165) is 5.56 Å². The highest BCUT2D eigenvalue weighted by Gasteiger charge is 2.39. The summed E-state index contributed by atoms with van der Waals surface area (Å²) in [5.41, 5.74) is 0.984. The molecule has 0 radical (unpaired) electrons. The SMILES string of the molecule is CCC(C)N(C(=O)C(CC(C)C)NC(=O)OC(C)(C)C)C(C(=O)Nc1c(C)cccc1Cl)c1ccc(O)cc1. The van der Waals surface area contributed by atoms with Crippen molar-refractivity contribution in [2.24, 2.45) is 5.92 Å². The van der Waals surface area contributed by atoms with Crippen molar-refractivity contribution in [1.82, 2.24) is 10.2 Å². The molecular formula is C30H42ClN3O5. The van der Waals surface area contributed by atoms with Crippen LogP contribution in [0.2, 0.25) is 5.02 Å². The Morgan fingerprint density at radius 3 is 2.18 bits per heavy atom. The molecule has 0 heterocycles. The number of nitrogens with one attached hydrogen (secondary N) is 2. The van der Waals surface area contributed by atoms with E-state index in [1.54, 1.807) is 45.0 Å². The molecule has 0 aromatic heterocycles. The van der Waals surface area contributed by atoms with E-state index in [0.29, 0.717) is 29.1 Å². The monoisotopic (exact) mass is 559 g/mol. The maximum absolute atomic E-state index is 14.3. The van der Waals surface area contributed by atoms with Crippen LogP contribution in [-0.2, 0) is 14.3 Å². The lowest BCUT2D eigenvalue weighted by molar-refractivity contribution is -0.143. The summed E-state index contributed by atoms with van der Waals surface area (Å²) in [7, 11) is 0. The number of para-hydroxylation sites is 1. The third-order valence-electron chi connectivity index (χ3n) is 6.22. The molecule has 214 valence electrons. The van der Waals surface area contributed by atoms with Crippen molar-refractivity contribution in [3.8, 4) is 5.75 Å². The molecule has 0 aliphatic rings. The third kappa shape index (κ3) is 9.17. The molecule has 2 aromatic rings.